The Morgan fingerprint density at radius 1 is 1.44 bits per heavy atom. The molecule has 0 bridgehead atoms. The first kappa shape index (κ1) is 15.2. The fourth-order valence-electron chi connectivity index (χ4n) is 2.26. The second kappa shape index (κ2) is 4.70. The van der Waals surface area contributed by atoms with Crippen LogP contribution in [-0.4, -0.2) is 54.4 Å². The molecule has 18 heavy (non-hydrogen) atoms. The molecule has 7 heteroatoms. The first-order valence-electron chi connectivity index (χ1n) is 5.75. The van der Waals surface area contributed by atoms with E-state index < -0.39 is 29.6 Å². The molecule has 1 amide bonds. The summed E-state index contributed by atoms with van der Waals surface area (Å²) in [6.07, 6.45) is -4.84. The number of likely N-dealkylation sites (N-methyl/N-ethyl adjacent to an activating group) is 1. The van der Waals surface area contributed by atoms with Crippen LogP contribution < -0.4 is 5.32 Å². The van der Waals surface area contributed by atoms with Crippen molar-refractivity contribution in [3.8, 4) is 0 Å². The van der Waals surface area contributed by atoms with Gasteiger partial charge in [-0.2, -0.15) is 13.2 Å². The van der Waals surface area contributed by atoms with Gasteiger partial charge in [-0.25, -0.2) is 0 Å². The van der Waals surface area contributed by atoms with Crippen LogP contribution in [0, 0.1) is 5.41 Å². The molecule has 0 aromatic heterocycles. The van der Waals surface area contributed by atoms with E-state index in [0.717, 1.165) is 4.90 Å². The highest BCUT2D eigenvalue weighted by Crippen LogP contribution is 2.44. The molecule has 2 N–H and O–H groups in total. The summed E-state index contributed by atoms with van der Waals surface area (Å²) in [7, 11) is 1.28. The van der Waals surface area contributed by atoms with Crippen LogP contribution in [0.4, 0.5) is 13.2 Å². The van der Waals surface area contributed by atoms with Crippen molar-refractivity contribution in [2.45, 2.75) is 32.0 Å². The predicted octanol–water partition coefficient (Wildman–Crippen LogP) is 0.758. The van der Waals surface area contributed by atoms with Gasteiger partial charge in [0.15, 0.2) is 5.41 Å². The Kier molecular flexibility index (Phi) is 3.97. The van der Waals surface area contributed by atoms with Gasteiger partial charge >= 0.3 is 6.18 Å². The molecule has 1 saturated heterocycles. The van der Waals surface area contributed by atoms with Crippen LogP contribution in [0.5, 0.6) is 0 Å². The van der Waals surface area contributed by atoms with Crippen molar-refractivity contribution in [2.24, 2.45) is 5.41 Å². The summed E-state index contributed by atoms with van der Waals surface area (Å²) in [5.41, 5.74) is -3.57. The van der Waals surface area contributed by atoms with Gasteiger partial charge in [0.25, 0.3) is 0 Å². The van der Waals surface area contributed by atoms with E-state index >= 15 is 0 Å². The average molecular weight is 268 g/mol. The Hall–Kier alpha value is -0.820. The molecular weight excluding hydrogens is 249 g/mol. The minimum absolute atomic E-state index is 0.135. The van der Waals surface area contributed by atoms with Gasteiger partial charge in [-0.1, -0.05) is 0 Å². The number of nitrogens with zero attached hydrogens (tertiary/aromatic N) is 1. The van der Waals surface area contributed by atoms with Crippen LogP contribution in [0.15, 0.2) is 0 Å². The summed E-state index contributed by atoms with van der Waals surface area (Å²) in [6.45, 7) is 2.53. The Morgan fingerprint density at radius 2 is 2.00 bits per heavy atom. The van der Waals surface area contributed by atoms with E-state index in [1.54, 1.807) is 0 Å². The second-order valence-corrected chi connectivity index (χ2v) is 5.48. The molecule has 1 heterocycles. The summed E-state index contributed by atoms with van der Waals surface area (Å²) in [4.78, 5) is 13.0. The number of alkyl halides is 3. The molecule has 0 aromatic rings. The molecule has 1 atom stereocenters. The summed E-state index contributed by atoms with van der Waals surface area (Å²) in [5, 5.41) is 12.2. The Labute approximate surface area is 104 Å². The number of nitrogens with one attached hydrogen (secondary N) is 1. The van der Waals surface area contributed by atoms with E-state index in [9.17, 15) is 23.1 Å². The van der Waals surface area contributed by atoms with Gasteiger partial charge in [0, 0.05) is 20.1 Å². The number of carbonyl (C=O) groups is 1. The Balaban J connectivity index is 2.92. The smallest absolute Gasteiger partial charge is 0.389 e. The molecule has 0 aliphatic carbocycles. The van der Waals surface area contributed by atoms with Crippen molar-refractivity contribution >= 4 is 5.91 Å². The molecule has 106 valence electrons. The molecule has 0 radical (unpaired) electrons. The monoisotopic (exact) mass is 268 g/mol. The molecule has 1 aliphatic rings. The lowest BCUT2D eigenvalue weighted by molar-refractivity contribution is -0.222. The third-order valence-electron chi connectivity index (χ3n) is 3.08. The van der Waals surface area contributed by atoms with Crippen molar-refractivity contribution in [1.29, 1.82) is 0 Å². The summed E-state index contributed by atoms with van der Waals surface area (Å²) < 4.78 is 39.3. The van der Waals surface area contributed by atoms with Crippen molar-refractivity contribution in [2.75, 3.05) is 26.7 Å². The second-order valence-electron chi connectivity index (χ2n) is 5.48. The third-order valence-corrected chi connectivity index (χ3v) is 3.08. The SMILES string of the molecule is CN(CC(C)(C)O)C(=O)C1(C(F)(F)F)CCNC1. The Bertz CT molecular complexity index is 317. The number of aliphatic hydroxyl groups is 1. The highest BCUT2D eigenvalue weighted by molar-refractivity contribution is 5.84. The maximum absolute atomic E-state index is 13.1. The first-order valence-corrected chi connectivity index (χ1v) is 5.75. The number of amides is 1. The van der Waals surface area contributed by atoms with E-state index in [2.05, 4.69) is 5.32 Å². The van der Waals surface area contributed by atoms with Gasteiger partial charge in [-0.05, 0) is 26.8 Å². The van der Waals surface area contributed by atoms with Crippen LogP contribution in [-0.2, 0) is 4.79 Å². The standard InChI is InChI=1S/C11H19F3N2O2/c1-9(2,18)7-16(3)8(17)10(11(12,13)14)4-5-15-6-10/h15,18H,4-7H2,1-3H3. The van der Waals surface area contributed by atoms with E-state index in [1.807, 2.05) is 0 Å². The van der Waals surface area contributed by atoms with Crippen LogP contribution in [0.2, 0.25) is 0 Å². The lowest BCUT2D eigenvalue weighted by Gasteiger charge is -2.35. The van der Waals surface area contributed by atoms with Crippen LogP contribution in [0.1, 0.15) is 20.3 Å². The number of hydrogen-bond donors (Lipinski definition) is 2. The van der Waals surface area contributed by atoms with Crippen LogP contribution in [0.25, 0.3) is 0 Å². The molecule has 1 rings (SSSR count). The number of halogens is 3. The molecular formula is C11H19F3N2O2. The van der Waals surface area contributed by atoms with E-state index in [-0.39, 0.29) is 19.5 Å². The largest absolute Gasteiger partial charge is 0.404 e. The van der Waals surface area contributed by atoms with Gasteiger partial charge in [-0.15, -0.1) is 0 Å². The van der Waals surface area contributed by atoms with Gasteiger partial charge in [0.05, 0.1) is 5.60 Å². The van der Waals surface area contributed by atoms with Crippen LogP contribution >= 0.6 is 0 Å². The molecule has 1 fully saturated rings. The van der Waals surface area contributed by atoms with Gasteiger partial charge < -0.3 is 15.3 Å². The third kappa shape index (κ3) is 2.95. The maximum atomic E-state index is 13.1. The summed E-state index contributed by atoms with van der Waals surface area (Å²) in [6, 6.07) is 0. The molecule has 1 unspecified atom stereocenters. The van der Waals surface area contributed by atoms with Gasteiger partial charge in [0.1, 0.15) is 0 Å². The highest BCUT2D eigenvalue weighted by atomic mass is 19.4. The number of rotatable bonds is 3. The molecule has 4 nitrogen and oxygen atoms in total. The zero-order valence-electron chi connectivity index (χ0n) is 10.8. The normalized spacial score (nSPS) is 25.3. The fraction of sp³-hybridized carbons (Fsp3) is 0.909. The number of hydrogen-bond acceptors (Lipinski definition) is 3. The number of carbonyl (C=O) groups excluding carboxylic acids is 1. The molecule has 0 aromatic carbocycles. The molecule has 0 spiro atoms. The van der Waals surface area contributed by atoms with Crippen molar-refractivity contribution in [3.05, 3.63) is 0 Å². The lowest BCUT2D eigenvalue weighted by Crippen LogP contribution is -2.54. The summed E-state index contributed by atoms with van der Waals surface area (Å²) in [5.74, 6) is -0.984. The van der Waals surface area contributed by atoms with Crippen molar-refractivity contribution in [1.82, 2.24) is 10.2 Å². The quantitative estimate of drug-likeness (QED) is 0.794. The van der Waals surface area contributed by atoms with Crippen molar-refractivity contribution in [3.63, 3.8) is 0 Å². The van der Waals surface area contributed by atoms with Gasteiger partial charge in [-0.3, -0.25) is 4.79 Å². The fourth-order valence-corrected chi connectivity index (χ4v) is 2.26. The van der Waals surface area contributed by atoms with Crippen molar-refractivity contribution < 1.29 is 23.1 Å². The van der Waals surface area contributed by atoms with E-state index in [1.165, 1.54) is 20.9 Å². The minimum Gasteiger partial charge on any atom is -0.389 e. The topological polar surface area (TPSA) is 52.6 Å². The minimum atomic E-state index is -4.58. The van der Waals surface area contributed by atoms with Gasteiger partial charge in [0.2, 0.25) is 5.91 Å². The highest BCUT2D eigenvalue weighted by Gasteiger charge is 2.62. The maximum Gasteiger partial charge on any atom is 0.404 e. The zero-order chi connectivity index (χ0) is 14.2. The lowest BCUT2D eigenvalue weighted by atomic mass is 9.84. The van der Waals surface area contributed by atoms with E-state index in [0.29, 0.717) is 0 Å². The molecule has 0 saturated carbocycles. The van der Waals surface area contributed by atoms with Crippen LogP contribution in [0.3, 0.4) is 0 Å². The predicted molar refractivity (Wildman–Crippen MR) is 59.9 cm³/mol. The first-order chi connectivity index (χ1) is 8.00. The summed E-state index contributed by atoms with van der Waals surface area (Å²) >= 11 is 0. The Morgan fingerprint density at radius 3 is 2.33 bits per heavy atom. The van der Waals surface area contributed by atoms with E-state index in [4.69, 9.17) is 0 Å². The average Bonchev–Trinajstić information content (AvgIpc) is 2.62. The zero-order valence-corrected chi connectivity index (χ0v) is 10.8. The molecule has 1 aliphatic heterocycles.